The smallest absolute Gasteiger partial charge is 0.409 e. The summed E-state index contributed by atoms with van der Waals surface area (Å²) in [5.74, 6) is 0.588. The van der Waals surface area contributed by atoms with Crippen molar-refractivity contribution in [3.05, 3.63) is 65.7 Å². The number of fused-ring (bicyclic) bond motifs is 1. The predicted molar refractivity (Wildman–Crippen MR) is 75.6 cm³/mol. The van der Waals surface area contributed by atoms with Crippen LogP contribution in [0.5, 0.6) is 0 Å². The van der Waals surface area contributed by atoms with Crippen LogP contribution < -0.4 is 4.90 Å². The van der Waals surface area contributed by atoms with Gasteiger partial charge in [0.05, 0.1) is 5.69 Å². The van der Waals surface area contributed by atoms with Crippen molar-refractivity contribution < 1.29 is 9.53 Å². The van der Waals surface area contributed by atoms with Crippen LogP contribution in [0.1, 0.15) is 11.1 Å². The molecule has 2 aromatic carbocycles. The van der Waals surface area contributed by atoms with Crippen LogP contribution in [0.15, 0.2) is 54.6 Å². The third kappa shape index (κ3) is 2.10. The summed E-state index contributed by atoms with van der Waals surface area (Å²) in [6.45, 7) is 0. The molecule has 94 valence electrons. The Morgan fingerprint density at radius 1 is 1.00 bits per heavy atom. The third-order valence-electron chi connectivity index (χ3n) is 3.10. The van der Waals surface area contributed by atoms with Gasteiger partial charge in [-0.05, 0) is 23.8 Å². The standard InChI is InChI=1S/C16H13NO2/c1-17-14-10-6-5-9-13(14)15(19-16(17)18)11-12-7-3-2-4-8-12/h2-11H,1H3/b15-11-. The highest BCUT2D eigenvalue weighted by Gasteiger charge is 2.25. The zero-order chi connectivity index (χ0) is 13.2. The Morgan fingerprint density at radius 3 is 2.47 bits per heavy atom. The van der Waals surface area contributed by atoms with E-state index >= 15 is 0 Å². The number of carbonyl (C=O) groups excluding carboxylic acids is 1. The summed E-state index contributed by atoms with van der Waals surface area (Å²) in [4.78, 5) is 13.3. The van der Waals surface area contributed by atoms with E-state index in [9.17, 15) is 4.79 Å². The van der Waals surface area contributed by atoms with Crippen molar-refractivity contribution in [2.75, 3.05) is 11.9 Å². The number of hydrogen-bond donors (Lipinski definition) is 0. The summed E-state index contributed by atoms with van der Waals surface area (Å²) >= 11 is 0. The fourth-order valence-electron chi connectivity index (χ4n) is 2.10. The Bertz CT molecular complexity index is 647. The second-order valence-electron chi connectivity index (χ2n) is 4.36. The Balaban J connectivity index is 2.11. The first-order chi connectivity index (χ1) is 9.25. The van der Waals surface area contributed by atoms with Gasteiger partial charge in [0.2, 0.25) is 0 Å². The fraction of sp³-hybridized carbons (Fsp3) is 0.0625. The molecule has 0 saturated carbocycles. The van der Waals surface area contributed by atoms with Crippen LogP contribution in [0.25, 0.3) is 11.8 Å². The van der Waals surface area contributed by atoms with Gasteiger partial charge in [0, 0.05) is 12.6 Å². The summed E-state index contributed by atoms with van der Waals surface area (Å²) in [7, 11) is 1.71. The van der Waals surface area contributed by atoms with Gasteiger partial charge >= 0.3 is 6.09 Å². The number of benzene rings is 2. The van der Waals surface area contributed by atoms with E-state index in [4.69, 9.17) is 4.74 Å². The SMILES string of the molecule is CN1C(=O)O/C(=C\c2ccccc2)c2ccccc21. The molecule has 0 aromatic heterocycles. The van der Waals surface area contributed by atoms with Gasteiger partial charge in [-0.2, -0.15) is 0 Å². The van der Waals surface area contributed by atoms with Gasteiger partial charge in [-0.15, -0.1) is 0 Å². The average Bonchev–Trinajstić information content (AvgIpc) is 2.46. The van der Waals surface area contributed by atoms with E-state index in [1.54, 1.807) is 7.05 Å². The van der Waals surface area contributed by atoms with Crippen LogP contribution in [0.2, 0.25) is 0 Å². The lowest BCUT2D eigenvalue weighted by atomic mass is 10.1. The Kier molecular flexibility index (Phi) is 2.80. The van der Waals surface area contributed by atoms with E-state index in [0.717, 1.165) is 16.8 Å². The molecule has 0 aliphatic carbocycles. The number of carbonyl (C=O) groups is 1. The zero-order valence-electron chi connectivity index (χ0n) is 10.5. The largest absolute Gasteiger partial charge is 0.419 e. The Morgan fingerprint density at radius 2 is 1.68 bits per heavy atom. The second-order valence-corrected chi connectivity index (χ2v) is 4.36. The first-order valence-electron chi connectivity index (χ1n) is 6.07. The maximum atomic E-state index is 11.8. The van der Waals surface area contributed by atoms with Crippen LogP contribution in [0, 0.1) is 0 Å². The van der Waals surface area contributed by atoms with Crippen LogP contribution in [0.4, 0.5) is 10.5 Å². The number of nitrogens with zero attached hydrogens (tertiary/aromatic N) is 1. The van der Waals surface area contributed by atoms with E-state index in [-0.39, 0.29) is 6.09 Å². The van der Waals surface area contributed by atoms with E-state index in [1.165, 1.54) is 4.90 Å². The van der Waals surface area contributed by atoms with Gasteiger partial charge in [0.1, 0.15) is 5.76 Å². The van der Waals surface area contributed by atoms with E-state index < -0.39 is 0 Å². The molecule has 0 unspecified atom stereocenters. The van der Waals surface area contributed by atoms with Gasteiger partial charge in [-0.3, -0.25) is 4.90 Å². The normalized spacial score (nSPS) is 16.2. The lowest BCUT2D eigenvalue weighted by Crippen LogP contribution is -2.31. The molecule has 1 amide bonds. The Hall–Kier alpha value is -2.55. The van der Waals surface area contributed by atoms with Crippen molar-refractivity contribution in [1.82, 2.24) is 0 Å². The monoisotopic (exact) mass is 251 g/mol. The van der Waals surface area contributed by atoms with Gasteiger partial charge < -0.3 is 4.74 Å². The molecule has 0 bridgehead atoms. The van der Waals surface area contributed by atoms with E-state index in [1.807, 2.05) is 60.7 Å². The van der Waals surface area contributed by atoms with Crippen molar-refractivity contribution in [3.63, 3.8) is 0 Å². The molecule has 1 aliphatic heterocycles. The Labute approximate surface area is 111 Å². The molecule has 1 aliphatic rings. The molecule has 0 radical (unpaired) electrons. The molecule has 3 nitrogen and oxygen atoms in total. The van der Waals surface area contributed by atoms with E-state index in [0.29, 0.717) is 5.76 Å². The van der Waals surface area contributed by atoms with E-state index in [2.05, 4.69) is 0 Å². The van der Waals surface area contributed by atoms with Crippen LogP contribution in [-0.4, -0.2) is 13.1 Å². The number of cyclic esters (lactones) is 1. The number of amides is 1. The summed E-state index contributed by atoms with van der Waals surface area (Å²) in [5, 5.41) is 0. The maximum Gasteiger partial charge on any atom is 0.419 e. The van der Waals surface area contributed by atoms with Crippen LogP contribution in [-0.2, 0) is 4.74 Å². The molecule has 19 heavy (non-hydrogen) atoms. The molecule has 0 atom stereocenters. The summed E-state index contributed by atoms with van der Waals surface area (Å²) in [5.41, 5.74) is 2.79. The first kappa shape index (κ1) is 11.5. The average molecular weight is 251 g/mol. The molecule has 3 heteroatoms. The highest BCUT2D eigenvalue weighted by Crippen LogP contribution is 2.33. The number of anilines is 1. The number of ether oxygens (including phenoxy) is 1. The minimum absolute atomic E-state index is 0.360. The molecule has 2 aromatic rings. The maximum absolute atomic E-state index is 11.8. The molecule has 3 rings (SSSR count). The highest BCUT2D eigenvalue weighted by molar-refractivity contribution is 6.01. The second kappa shape index (κ2) is 4.61. The summed E-state index contributed by atoms with van der Waals surface area (Å²) in [6.07, 6.45) is 1.52. The van der Waals surface area contributed by atoms with Crippen LogP contribution >= 0.6 is 0 Å². The lowest BCUT2D eigenvalue weighted by molar-refractivity contribution is 0.199. The molecule has 0 saturated heterocycles. The van der Waals surface area contributed by atoms with Gasteiger partial charge in [0.25, 0.3) is 0 Å². The predicted octanol–water partition coefficient (Wildman–Crippen LogP) is 3.77. The molecule has 0 spiro atoms. The third-order valence-corrected chi connectivity index (χ3v) is 3.10. The number of rotatable bonds is 1. The summed E-state index contributed by atoms with van der Waals surface area (Å²) < 4.78 is 5.38. The van der Waals surface area contributed by atoms with Crippen LogP contribution in [0.3, 0.4) is 0 Å². The van der Waals surface area contributed by atoms with Crippen molar-refractivity contribution in [2.24, 2.45) is 0 Å². The number of hydrogen-bond acceptors (Lipinski definition) is 2. The van der Waals surface area contributed by atoms with Crippen molar-refractivity contribution >= 4 is 23.6 Å². The topological polar surface area (TPSA) is 29.5 Å². The minimum atomic E-state index is -0.360. The highest BCUT2D eigenvalue weighted by atomic mass is 16.6. The van der Waals surface area contributed by atoms with Crippen molar-refractivity contribution in [3.8, 4) is 0 Å². The van der Waals surface area contributed by atoms with Gasteiger partial charge in [-0.25, -0.2) is 4.79 Å². The van der Waals surface area contributed by atoms with Gasteiger partial charge in [0.15, 0.2) is 0 Å². The zero-order valence-corrected chi connectivity index (χ0v) is 10.5. The van der Waals surface area contributed by atoms with Gasteiger partial charge in [-0.1, -0.05) is 42.5 Å². The minimum Gasteiger partial charge on any atom is -0.409 e. The van der Waals surface area contributed by atoms with Crippen molar-refractivity contribution in [2.45, 2.75) is 0 Å². The first-order valence-corrected chi connectivity index (χ1v) is 6.07. The molecular formula is C16H13NO2. The fourth-order valence-corrected chi connectivity index (χ4v) is 2.10. The number of para-hydroxylation sites is 1. The van der Waals surface area contributed by atoms with Crippen molar-refractivity contribution in [1.29, 1.82) is 0 Å². The molecular weight excluding hydrogens is 238 g/mol. The molecule has 0 fully saturated rings. The quantitative estimate of drug-likeness (QED) is 0.772. The molecule has 0 N–H and O–H groups in total. The summed E-state index contributed by atoms with van der Waals surface area (Å²) in [6, 6.07) is 17.5. The molecule has 1 heterocycles. The lowest BCUT2D eigenvalue weighted by Gasteiger charge is -2.26.